The quantitative estimate of drug-likeness (QED) is 0.454. The minimum atomic E-state index is -2.87. The first-order chi connectivity index (χ1) is 16.7. The molecule has 3 aromatic heterocycles. The van der Waals surface area contributed by atoms with Crippen molar-refractivity contribution in [1.29, 1.82) is 0 Å². The smallest absolute Gasteiger partial charge is 0.317 e. The van der Waals surface area contributed by atoms with Crippen LogP contribution in [0.4, 0.5) is 32.6 Å². The zero-order valence-corrected chi connectivity index (χ0v) is 18.6. The van der Waals surface area contributed by atoms with Gasteiger partial charge in [0.15, 0.2) is 17.5 Å². The Hall–Kier alpha value is -3.44. The average Bonchev–Trinajstić information content (AvgIpc) is 3.38. The van der Waals surface area contributed by atoms with Crippen molar-refractivity contribution in [2.24, 2.45) is 0 Å². The number of carbonyl (C=O) groups is 1. The number of nitrogens with zero attached hydrogens (tertiary/aromatic N) is 3. The second-order valence-electron chi connectivity index (χ2n) is 9.08. The van der Waals surface area contributed by atoms with Gasteiger partial charge in [-0.05, 0) is 31.7 Å². The number of H-pyrrole nitrogens is 1. The van der Waals surface area contributed by atoms with Crippen LogP contribution in [0.5, 0.6) is 0 Å². The second kappa shape index (κ2) is 8.97. The molecule has 35 heavy (non-hydrogen) atoms. The molecule has 1 saturated carbocycles. The number of hydrogen-bond acceptors (Lipinski definition) is 4. The molecule has 186 valence electrons. The number of aromatic amines is 1. The number of aromatic nitrogens is 3. The predicted octanol–water partition coefficient (Wildman–Crippen LogP) is 4.82. The fourth-order valence-electron chi connectivity index (χ4n) is 4.75. The largest absolute Gasteiger partial charge is 0.365 e. The number of halogens is 5. The van der Waals surface area contributed by atoms with E-state index in [0.29, 0.717) is 42.8 Å². The van der Waals surface area contributed by atoms with Crippen LogP contribution in [0.15, 0.2) is 24.5 Å². The molecule has 1 saturated heterocycles. The van der Waals surface area contributed by atoms with Crippen molar-refractivity contribution < 1.29 is 26.7 Å². The molecule has 12 heteroatoms. The molecule has 5 rings (SSSR count). The van der Waals surface area contributed by atoms with Gasteiger partial charge in [-0.2, -0.15) is 0 Å². The molecule has 0 bridgehead atoms. The first kappa shape index (κ1) is 23.3. The first-order valence-electron chi connectivity index (χ1n) is 11.4. The molecule has 3 aromatic rings. The van der Waals surface area contributed by atoms with Crippen molar-refractivity contribution in [2.75, 3.05) is 18.4 Å². The van der Waals surface area contributed by atoms with Crippen molar-refractivity contribution in [3.8, 4) is 11.3 Å². The molecule has 2 aliphatic rings. The van der Waals surface area contributed by atoms with Crippen LogP contribution < -0.4 is 10.6 Å². The normalized spacial score (nSPS) is 21.9. The van der Waals surface area contributed by atoms with Crippen molar-refractivity contribution in [2.45, 2.75) is 50.1 Å². The van der Waals surface area contributed by atoms with E-state index in [0.717, 1.165) is 11.1 Å². The van der Waals surface area contributed by atoms with Crippen LogP contribution in [0.2, 0.25) is 0 Å². The number of rotatable bonds is 4. The van der Waals surface area contributed by atoms with Crippen molar-refractivity contribution in [1.82, 2.24) is 25.2 Å². The highest BCUT2D eigenvalue weighted by atomic mass is 19.3. The summed E-state index contributed by atoms with van der Waals surface area (Å²) < 4.78 is 69.8. The van der Waals surface area contributed by atoms with Crippen LogP contribution in [0, 0.1) is 17.5 Å². The van der Waals surface area contributed by atoms with Gasteiger partial charge in [0.05, 0.1) is 12.7 Å². The Balaban J connectivity index is 1.31. The van der Waals surface area contributed by atoms with E-state index >= 15 is 0 Å². The summed E-state index contributed by atoms with van der Waals surface area (Å²) in [6.45, 7) is -0.609. The third-order valence-electron chi connectivity index (χ3n) is 6.48. The Morgan fingerprint density at radius 3 is 2.71 bits per heavy atom. The Labute approximate surface area is 197 Å². The van der Waals surface area contributed by atoms with Crippen LogP contribution in [0.3, 0.4) is 0 Å². The topological polar surface area (TPSA) is 85.9 Å². The number of likely N-dealkylation sites (tertiary alicyclic amines) is 1. The van der Waals surface area contributed by atoms with Gasteiger partial charge in [0, 0.05) is 48.3 Å². The molecule has 3 N–H and O–H groups in total. The highest BCUT2D eigenvalue weighted by molar-refractivity contribution is 5.92. The number of carbonyl (C=O) groups excluding carboxylic acids is 1. The zero-order chi connectivity index (χ0) is 24.7. The molecule has 2 atom stereocenters. The molecule has 0 radical (unpaired) electrons. The number of hydrogen-bond donors (Lipinski definition) is 3. The molecule has 2 amide bonds. The Kier molecular flexibility index (Phi) is 5.97. The molecule has 1 aliphatic heterocycles. The van der Waals surface area contributed by atoms with Crippen LogP contribution in [-0.2, 0) is 0 Å². The summed E-state index contributed by atoms with van der Waals surface area (Å²) in [4.78, 5) is 24.3. The standard InChI is InChI=1S/C23H23F5N6O/c24-12-6-15-16(10-30-20(15)29-9-12)19-17(25)8-18(26)21(33-19)31-13-2-1-3-14(7-13)32-22(35)34-5-4-23(27,28)11-34/h6,8-10,13-14H,1-5,7,11H2,(H,29,30)(H,31,33)(H,32,35)/t13?,14-/m1/s1. The maximum absolute atomic E-state index is 14.6. The highest BCUT2D eigenvalue weighted by Gasteiger charge is 2.40. The Morgan fingerprint density at radius 2 is 1.94 bits per heavy atom. The van der Waals surface area contributed by atoms with Gasteiger partial charge >= 0.3 is 6.03 Å². The van der Waals surface area contributed by atoms with Crippen LogP contribution in [-0.4, -0.2) is 57.0 Å². The lowest BCUT2D eigenvalue weighted by Gasteiger charge is -2.32. The van der Waals surface area contributed by atoms with E-state index in [1.54, 1.807) is 0 Å². The van der Waals surface area contributed by atoms with Crippen molar-refractivity contribution >= 4 is 22.9 Å². The van der Waals surface area contributed by atoms with Gasteiger partial charge in [-0.1, -0.05) is 0 Å². The minimum Gasteiger partial charge on any atom is -0.365 e. The lowest BCUT2D eigenvalue weighted by atomic mass is 9.91. The first-order valence-corrected chi connectivity index (χ1v) is 11.4. The van der Waals surface area contributed by atoms with Gasteiger partial charge in [0.25, 0.3) is 5.92 Å². The summed E-state index contributed by atoms with van der Waals surface area (Å²) in [5.41, 5.74) is 0.412. The minimum absolute atomic E-state index is 0.00598. The van der Waals surface area contributed by atoms with E-state index in [4.69, 9.17) is 0 Å². The maximum Gasteiger partial charge on any atom is 0.317 e. The number of anilines is 1. The SMILES string of the molecule is O=C(N[C@@H]1CCCC(Nc2nc(-c3c[nH]c4ncc(F)cc34)c(F)cc2F)C1)N1CCC(F)(F)C1. The lowest BCUT2D eigenvalue weighted by Crippen LogP contribution is -2.47. The van der Waals surface area contributed by atoms with E-state index in [2.05, 4.69) is 25.6 Å². The van der Waals surface area contributed by atoms with Crippen molar-refractivity contribution in [3.05, 3.63) is 42.0 Å². The number of pyridine rings is 2. The number of nitrogens with one attached hydrogen (secondary N) is 3. The summed E-state index contributed by atoms with van der Waals surface area (Å²) in [7, 11) is 0. The summed E-state index contributed by atoms with van der Waals surface area (Å²) >= 11 is 0. The number of urea groups is 1. The van der Waals surface area contributed by atoms with Gasteiger partial charge in [0.1, 0.15) is 17.2 Å². The highest BCUT2D eigenvalue weighted by Crippen LogP contribution is 2.32. The van der Waals surface area contributed by atoms with E-state index in [9.17, 15) is 26.7 Å². The molecule has 0 aromatic carbocycles. The predicted molar refractivity (Wildman–Crippen MR) is 119 cm³/mol. The average molecular weight is 494 g/mol. The monoisotopic (exact) mass is 494 g/mol. The van der Waals surface area contributed by atoms with E-state index in [1.807, 2.05) is 0 Å². The fraction of sp³-hybridized carbons (Fsp3) is 0.435. The van der Waals surface area contributed by atoms with Crippen molar-refractivity contribution in [3.63, 3.8) is 0 Å². The molecule has 0 spiro atoms. The molecular formula is C23H23F5N6O. The third kappa shape index (κ3) is 4.87. The lowest BCUT2D eigenvalue weighted by molar-refractivity contribution is 0.0152. The number of fused-ring (bicyclic) bond motifs is 1. The van der Waals surface area contributed by atoms with Gasteiger partial charge in [-0.15, -0.1) is 0 Å². The van der Waals surface area contributed by atoms with E-state index < -0.39 is 36.0 Å². The molecule has 1 unspecified atom stereocenters. The van der Waals surface area contributed by atoms with E-state index in [-0.39, 0.29) is 42.1 Å². The summed E-state index contributed by atoms with van der Waals surface area (Å²) in [6.07, 6.45) is 4.55. The van der Waals surface area contributed by atoms with Gasteiger partial charge in [-0.25, -0.2) is 36.7 Å². The van der Waals surface area contributed by atoms with Gasteiger partial charge in [-0.3, -0.25) is 0 Å². The summed E-state index contributed by atoms with van der Waals surface area (Å²) in [5, 5.41) is 6.08. The summed E-state index contributed by atoms with van der Waals surface area (Å²) in [5.74, 6) is -5.44. The molecule has 2 fully saturated rings. The molecule has 7 nitrogen and oxygen atoms in total. The third-order valence-corrected chi connectivity index (χ3v) is 6.48. The second-order valence-corrected chi connectivity index (χ2v) is 9.08. The summed E-state index contributed by atoms with van der Waals surface area (Å²) in [6, 6.07) is 0.800. The Morgan fingerprint density at radius 1 is 1.14 bits per heavy atom. The number of amides is 2. The van der Waals surface area contributed by atoms with Crippen LogP contribution in [0.1, 0.15) is 32.1 Å². The molecule has 1 aliphatic carbocycles. The molecule has 4 heterocycles. The molecular weight excluding hydrogens is 471 g/mol. The fourth-order valence-corrected chi connectivity index (χ4v) is 4.75. The van der Waals surface area contributed by atoms with Gasteiger partial charge < -0.3 is 20.5 Å². The van der Waals surface area contributed by atoms with E-state index in [1.165, 1.54) is 12.3 Å². The van der Waals surface area contributed by atoms with Crippen LogP contribution in [0.25, 0.3) is 22.3 Å². The van der Waals surface area contributed by atoms with Gasteiger partial charge in [0.2, 0.25) is 0 Å². The van der Waals surface area contributed by atoms with Crippen LogP contribution >= 0.6 is 0 Å². The number of alkyl halides is 2. The maximum atomic E-state index is 14.6. The Bertz CT molecular complexity index is 1260. The zero-order valence-electron chi connectivity index (χ0n) is 18.6.